The Morgan fingerprint density at radius 3 is 2.32 bits per heavy atom. The van der Waals surface area contributed by atoms with Gasteiger partial charge in [-0.2, -0.15) is 4.98 Å². The molecule has 34 heavy (non-hydrogen) atoms. The van der Waals surface area contributed by atoms with Crippen LogP contribution in [0.3, 0.4) is 0 Å². The quantitative estimate of drug-likeness (QED) is 0.310. The molecule has 0 aliphatic heterocycles. The number of hydrogen-bond acceptors (Lipinski definition) is 7. The van der Waals surface area contributed by atoms with Crippen LogP contribution < -0.4 is 16.4 Å². The molecule has 0 saturated heterocycles. The van der Waals surface area contributed by atoms with Crippen LogP contribution in [0.15, 0.2) is 30.5 Å². The number of nitro groups is 1. The number of nitrogens with one attached hydrogen (secondary N) is 2. The van der Waals surface area contributed by atoms with Gasteiger partial charge in [-0.3, -0.25) is 10.1 Å². The highest BCUT2D eigenvalue weighted by atomic mass is 16.6. The Hall–Kier alpha value is -3.18. The Labute approximate surface area is 201 Å². The number of nitrogens with two attached hydrogens (primary N) is 1. The van der Waals surface area contributed by atoms with E-state index in [0.29, 0.717) is 35.0 Å². The normalized spacial score (nSPS) is 20.7. The summed E-state index contributed by atoms with van der Waals surface area (Å²) in [6.45, 7) is 1.73. The summed E-state index contributed by atoms with van der Waals surface area (Å²) in [5, 5.41) is 17.8. The summed E-state index contributed by atoms with van der Waals surface area (Å²) in [5.41, 5.74) is 7.53. The molecule has 2 saturated carbocycles. The fourth-order valence-corrected chi connectivity index (χ4v) is 4.76. The van der Waals surface area contributed by atoms with E-state index in [0.717, 1.165) is 44.6 Å². The highest BCUT2D eigenvalue weighted by Crippen LogP contribution is 2.25. The second kappa shape index (κ2) is 11.8. The van der Waals surface area contributed by atoms with E-state index in [-0.39, 0.29) is 5.69 Å². The maximum Gasteiger partial charge on any atom is 0.269 e. The molecule has 0 unspecified atom stereocenters. The molecule has 4 rings (SSSR count). The van der Waals surface area contributed by atoms with Gasteiger partial charge in [0, 0.05) is 36.8 Å². The average molecular weight is 463 g/mol. The molecular weight excluding hydrogens is 428 g/mol. The largest absolute Gasteiger partial charge is 0.369 e. The third-order valence-electron chi connectivity index (χ3n) is 6.93. The molecule has 2 aliphatic carbocycles. The molecule has 1 aromatic heterocycles. The molecule has 1 heterocycles. The van der Waals surface area contributed by atoms with Crippen LogP contribution in [0.1, 0.15) is 68.9 Å². The van der Waals surface area contributed by atoms with E-state index in [2.05, 4.69) is 27.5 Å². The molecule has 0 spiro atoms. The molecule has 1 aromatic carbocycles. The average Bonchev–Trinajstić information content (AvgIpc) is 2.87. The number of hydrogen-bond donors (Lipinski definition) is 3. The summed E-state index contributed by atoms with van der Waals surface area (Å²) in [6.07, 6.45) is 12.6. The van der Waals surface area contributed by atoms with E-state index in [4.69, 9.17) is 10.7 Å². The lowest BCUT2D eigenvalue weighted by Gasteiger charge is -2.26. The lowest BCUT2D eigenvalue weighted by molar-refractivity contribution is -0.384. The van der Waals surface area contributed by atoms with Crippen molar-refractivity contribution >= 4 is 17.5 Å². The molecule has 0 radical (unpaired) electrons. The van der Waals surface area contributed by atoms with Crippen molar-refractivity contribution in [2.75, 3.05) is 23.7 Å². The first-order valence-corrected chi connectivity index (χ1v) is 12.4. The minimum atomic E-state index is -0.412. The Morgan fingerprint density at radius 2 is 1.62 bits per heavy atom. The Kier molecular flexibility index (Phi) is 8.31. The van der Waals surface area contributed by atoms with Gasteiger partial charge in [0.2, 0.25) is 5.95 Å². The highest BCUT2D eigenvalue weighted by molar-refractivity contribution is 5.57. The van der Waals surface area contributed by atoms with Crippen molar-refractivity contribution in [2.24, 2.45) is 17.6 Å². The second-order valence-electron chi connectivity index (χ2n) is 9.56. The van der Waals surface area contributed by atoms with Crippen LogP contribution in [0.25, 0.3) is 0 Å². The summed E-state index contributed by atoms with van der Waals surface area (Å²) in [4.78, 5) is 19.7. The smallest absolute Gasteiger partial charge is 0.269 e. The van der Waals surface area contributed by atoms with Crippen molar-refractivity contribution in [2.45, 2.75) is 63.8 Å². The van der Waals surface area contributed by atoms with Gasteiger partial charge in [0.25, 0.3) is 5.69 Å². The first-order valence-electron chi connectivity index (χ1n) is 12.4. The third-order valence-corrected chi connectivity index (χ3v) is 6.93. The number of benzene rings is 1. The van der Waals surface area contributed by atoms with Crippen LogP contribution in [0.5, 0.6) is 0 Å². The number of anilines is 2. The van der Waals surface area contributed by atoms with Gasteiger partial charge in [0.05, 0.1) is 16.7 Å². The second-order valence-corrected chi connectivity index (χ2v) is 9.56. The molecule has 0 bridgehead atoms. The molecular formula is C26H34N6O2. The van der Waals surface area contributed by atoms with Gasteiger partial charge >= 0.3 is 0 Å². The van der Waals surface area contributed by atoms with E-state index in [1.165, 1.54) is 44.2 Å². The first-order chi connectivity index (χ1) is 16.6. The predicted molar refractivity (Wildman–Crippen MR) is 135 cm³/mol. The molecule has 4 N–H and O–H groups in total. The van der Waals surface area contributed by atoms with E-state index in [9.17, 15) is 10.1 Å². The van der Waals surface area contributed by atoms with Crippen molar-refractivity contribution in [3.8, 4) is 11.8 Å². The van der Waals surface area contributed by atoms with E-state index >= 15 is 0 Å². The van der Waals surface area contributed by atoms with Gasteiger partial charge in [-0.15, -0.1) is 0 Å². The van der Waals surface area contributed by atoms with E-state index in [1.807, 2.05) is 0 Å². The van der Waals surface area contributed by atoms with Crippen molar-refractivity contribution in [1.29, 1.82) is 0 Å². The molecule has 0 atom stereocenters. The number of nitro benzene ring substituents is 1. The SMILES string of the molecule is NC1CCC(CNc2nc(NCC3CCCCC3)ncc2C#Cc2ccc([N+](=O)[O-])cc2)CC1. The van der Waals surface area contributed by atoms with Crippen LogP contribution in [0.4, 0.5) is 17.5 Å². The first kappa shape index (κ1) is 24.0. The van der Waals surface area contributed by atoms with E-state index in [1.54, 1.807) is 18.3 Å². The minimum Gasteiger partial charge on any atom is -0.369 e. The van der Waals surface area contributed by atoms with Crippen molar-refractivity contribution < 1.29 is 4.92 Å². The van der Waals surface area contributed by atoms with Gasteiger partial charge in [0.1, 0.15) is 5.82 Å². The predicted octanol–water partition coefficient (Wildman–Crippen LogP) is 4.71. The molecule has 8 nitrogen and oxygen atoms in total. The minimum absolute atomic E-state index is 0.0526. The lowest BCUT2D eigenvalue weighted by Crippen LogP contribution is -2.29. The zero-order valence-electron chi connectivity index (χ0n) is 19.6. The lowest BCUT2D eigenvalue weighted by atomic mass is 9.86. The van der Waals surface area contributed by atoms with E-state index < -0.39 is 4.92 Å². The summed E-state index contributed by atoms with van der Waals surface area (Å²) in [7, 11) is 0. The fourth-order valence-electron chi connectivity index (χ4n) is 4.76. The molecule has 0 amide bonds. The monoisotopic (exact) mass is 462 g/mol. The Morgan fingerprint density at radius 1 is 0.941 bits per heavy atom. The summed E-state index contributed by atoms with van der Waals surface area (Å²) in [5.74, 6) is 8.84. The molecule has 2 fully saturated rings. The summed E-state index contributed by atoms with van der Waals surface area (Å²) < 4.78 is 0. The maximum absolute atomic E-state index is 10.9. The van der Waals surface area contributed by atoms with Crippen molar-refractivity contribution in [3.63, 3.8) is 0 Å². The highest BCUT2D eigenvalue weighted by Gasteiger charge is 2.19. The topological polar surface area (TPSA) is 119 Å². The number of nitrogens with zero attached hydrogens (tertiary/aromatic N) is 3. The standard InChI is InChI=1S/C26H34N6O2/c27-23-12-7-21(8-13-23)16-28-25-22(11-6-19-9-14-24(15-10-19)32(33)34)18-30-26(31-25)29-17-20-4-2-1-3-5-20/h9-10,14-15,18,20-21,23H,1-5,7-8,12-13,16-17,27H2,(H2,28,29,30,31). The zero-order valence-corrected chi connectivity index (χ0v) is 19.6. The van der Waals surface area contributed by atoms with Gasteiger partial charge in [0.15, 0.2) is 0 Å². The third kappa shape index (κ3) is 6.91. The zero-order chi connectivity index (χ0) is 23.8. The molecule has 2 aliphatic rings. The Bertz CT molecular complexity index is 1020. The molecule has 8 heteroatoms. The summed E-state index contributed by atoms with van der Waals surface area (Å²) in [6, 6.07) is 6.57. The van der Waals surface area contributed by atoms with Gasteiger partial charge in [-0.05, 0) is 62.5 Å². The van der Waals surface area contributed by atoms with Crippen LogP contribution >= 0.6 is 0 Å². The van der Waals surface area contributed by atoms with Gasteiger partial charge in [-0.1, -0.05) is 31.1 Å². The van der Waals surface area contributed by atoms with Crippen molar-refractivity contribution in [3.05, 3.63) is 51.7 Å². The van der Waals surface area contributed by atoms with Gasteiger partial charge in [-0.25, -0.2) is 4.98 Å². The fraction of sp³-hybridized carbons (Fsp3) is 0.538. The number of aromatic nitrogens is 2. The molecule has 2 aromatic rings. The molecule has 180 valence electrons. The van der Waals surface area contributed by atoms with Crippen LogP contribution in [-0.2, 0) is 0 Å². The van der Waals surface area contributed by atoms with Crippen LogP contribution in [0, 0.1) is 33.8 Å². The Balaban J connectivity index is 1.47. The number of non-ortho nitro benzene ring substituents is 1. The number of rotatable bonds is 7. The maximum atomic E-state index is 10.9. The van der Waals surface area contributed by atoms with Gasteiger partial charge < -0.3 is 16.4 Å². The van der Waals surface area contributed by atoms with Crippen LogP contribution in [0.2, 0.25) is 0 Å². The summed E-state index contributed by atoms with van der Waals surface area (Å²) >= 11 is 0. The van der Waals surface area contributed by atoms with Crippen LogP contribution in [-0.4, -0.2) is 34.0 Å². The van der Waals surface area contributed by atoms with Crippen molar-refractivity contribution in [1.82, 2.24) is 9.97 Å².